The van der Waals surface area contributed by atoms with Gasteiger partial charge in [0.1, 0.15) is 34.8 Å². The van der Waals surface area contributed by atoms with Crippen LogP contribution in [0.2, 0.25) is 0 Å². The van der Waals surface area contributed by atoms with E-state index in [4.69, 9.17) is 14.2 Å². The van der Waals surface area contributed by atoms with Crippen LogP contribution in [0.3, 0.4) is 0 Å². The van der Waals surface area contributed by atoms with Crippen molar-refractivity contribution < 1.29 is 19.0 Å². The molecule has 1 aliphatic carbocycles. The number of ether oxygens (including phenoxy) is 3. The molecule has 1 amide bonds. The number of hydrogen-bond donors (Lipinski definition) is 3. The van der Waals surface area contributed by atoms with Crippen molar-refractivity contribution in [2.75, 3.05) is 38.5 Å². The molecule has 4 aromatic rings. The Morgan fingerprint density at radius 3 is 2.73 bits per heavy atom. The summed E-state index contributed by atoms with van der Waals surface area (Å²) >= 11 is 0. The molecular weight excluding hydrogens is 514 g/mol. The smallest absolute Gasteiger partial charge is 0.328 e. The third-order valence-corrected chi connectivity index (χ3v) is 6.99. The van der Waals surface area contributed by atoms with Crippen molar-refractivity contribution in [2.24, 2.45) is 0 Å². The van der Waals surface area contributed by atoms with E-state index in [2.05, 4.69) is 25.6 Å². The molecule has 1 aromatic carbocycles. The van der Waals surface area contributed by atoms with Crippen LogP contribution in [0.15, 0.2) is 47.7 Å². The molecule has 12 nitrogen and oxygen atoms in total. The lowest BCUT2D eigenvalue weighted by molar-refractivity contribution is -0.00875. The molecule has 0 spiro atoms. The van der Waals surface area contributed by atoms with Crippen molar-refractivity contribution in [1.29, 1.82) is 0 Å². The molecule has 0 atom stereocenters. The third kappa shape index (κ3) is 5.57. The van der Waals surface area contributed by atoms with Gasteiger partial charge in [0.05, 0.1) is 32.6 Å². The second kappa shape index (κ2) is 11.7. The number of aromatic amines is 1. The van der Waals surface area contributed by atoms with E-state index in [-0.39, 0.29) is 17.7 Å². The minimum Gasteiger partial charge on any atom is -0.497 e. The van der Waals surface area contributed by atoms with Gasteiger partial charge < -0.3 is 34.7 Å². The summed E-state index contributed by atoms with van der Waals surface area (Å²) in [6.45, 7) is 0.872. The van der Waals surface area contributed by atoms with E-state index >= 15 is 0 Å². The third-order valence-electron chi connectivity index (χ3n) is 6.99. The van der Waals surface area contributed by atoms with Crippen molar-refractivity contribution in [3.05, 3.63) is 64.3 Å². The molecule has 3 heterocycles. The van der Waals surface area contributed by atoms with Gasteiger partial charge in [0.25, 0.3) is 5.56 Å². The van der Waals surface area contributed by atoms with Crippen molar-refractivity contribution in [2.45, 2.75) is 38.5 Å². The Labute approximate surface area is 231 Å². The molecule has 0 saturated heterocycles. The number of methoxy groups -OCH3 is 2. The first-order valence-electron chi connectivity index (χ1n) is 13.0. The highest BCUT2D eigenvalue weighted by atomic mass is 16.5. The maximum absolute atomic E-state index is 12.7. The number of nitrogens with zero attached hydrogens (tertiary/aromatic N) is 4. The summed E-state index contributed by atoms with van der Waals surface area (Å²) in [6.07, 6.45) is 6.68. The molecule has 1 fully saturated rings. The van der Waals surface area contributed by atoms with Crippen LogP contribution in [-0.4, -0.2) is 60.0 Å². The van der Waals surface area contributed by atoms with Gasteiger partial charge in [-0.1, -0.05) is 0 Å². The van der Waals surface area contributed by atoms with E-state index in [0.717, 1.165) is 24.0 Å². The Morgan fingerprint density at radius 1 is 1.20 bits per heavy atom. The first kappa shape index (κ1) is 27.0. The summed E-state index contributed by atoms with van der Waals surface area (Å²) in [6, 6.07) is 8.81. The Hall–Kier alpha value is -4.58. The first-order valence-corrected chi connectivity index (χ1v) is 13.0. The first-order chi connectivity index (χ1) is 19.4. The Bertz CT molecular complexity index is 1580. The van der Waals surface area contributed by atoms with Crippen molar-refractivity contribution in [3.63, 3.8) is 0 Å². The van der Waals surface area contributed by atoms with Gasteiger partial charge in [-0.15, -0.1) is 0 Å². The zero-order valence-corrected chi connectivity index (χ0v) is 23.0. The highest BCUT2D eigenvalue weighted by Gasteiger charge is 2.20. The predicted octanol–water partition coefficient (Wildman–Crippen LogP) is 3.77. The van der Waals surface area contributed by atoms with Gasteiger partial charge in [-0.05, 0) is 43.0 Å². The van der Waals surface area contributed by atoms with E-state index in [1.807, 2.05) is 30.1 Å². The average Bonchev–Trinajstić information content (AvgIpc) is 3.37. The maximum atomic E-state index is 12.7. The predicted molar refractivity (Wildman–Crippen MR) is 152 cm³/mol. The summed E-state index contributed by atoms with van der Waals surface area (Å²) in [4.78, 5) is 39.2. The van der Waals surface area contributed by atoms with E-state index in [1.54, 1.807) is 32.5 Å². The quantitative estimate of drug-likeness (QED) is 0.271. The summed E-state index contributed by atoms with van der Waals surface area (Å²) in [5, 5.41) is 5.74. The molecule has 0 aliphatic heterocycles. The fourth-order valence-corrected chi connectivity index (χ4v) is 4.52. The molecule has 5 rings (SSSR count). The highest BCUT2D eigenvalue weighted by Crippen LogP contribution is 2.32. The highest BCUT2D eigenvalue weighted by molar-refractivity contribution is 5.94. The zero-order chi connectivity index (χ0) is 28.2. The number of benzene rings is 1. The number of hydrogen-bond acceptors (Lipinski definition) is 9. The fourth-order valence-electron chi connectivity index (χ4n) is 4.52. The van der Waals surface area contributed by atoms with Crippen LogP contribution in [0.1, 0.15) is 30.4 Å². The molecular formula is C28H33N7O5. The van der Waals surface area contributed by atoms with Crippen LogP contribution in [-0.2, 0) is 17.9 Å². The van der Waals surface area contributed by atoms with Gasteiger partial charge >= 0.3 is 6.03 Å². The number of anilines is 3. The normalized spacial score (nSPS) is 13.1. The van der Waals surface area contributed by atoms with Gasteiger partial charge in [0, 0.05) is 44.5 Å². The van der Waals surface area contributed by atoms with E-state index < -0.39 is 0 Å². The number of pyridine rings is 2. The van der Waals surface area contributed by atoms with Gasteiger partial charge in [-0.3, -0.25) is 4.79 Å². The lowest BCUT2D eigenvalue weighted by Crippen LogP contribution is -2.24. The summed E-state index contributed by atoms with van der Waals surface area (Å²) in [5.41, 5.74) is 3.36. The molecule has 40 heavy (non-hydrogen) atoms. The SMILES string of the molecule is CNC(=O)n1cnc2c(N(C)Cc3ccc(OC)cc3OC)cc(Nc3cc(COC4CCC4)c[nH]c3=O)nc21. The lowest BCUT2D eigenvalue weighted by Gasteiger charge is -2.25. The van der Waals surface area contributed by atoms with Crippen LogP contribution < -0.4 is 30.6 Å². The van der Waals surface area contributed by atoms with E-state index in [9.17, 15) is 9.59 Å². The van der Waals surface area contributed by atoms with Gasteiger partial charge in [0.2, 0.25) is 0 Å². The van der Waals surface area contributed by atoms with E-state index in [1.165, 1.54) is 24.4 Å². The average molecular weight is 548 g/mol. The number of H-pyrrole nitrogens is 1. The van der Waals surface area contributed by atoms with Crippen LogP contribution in [0.5, 0.6) is 11.5 Å². The molecule has 210 valence electrons. The van der Waals surface area contributed by atoms with Gasteiger partial charge in [0.15, 0.2) is 5.65 Å². The van der Waals surface area contributed by atoms with Crippen molar-refractivity contribution in [1.82, 2.24) is 24.8 Å². The van der Waals surface area contributed by atoms with Gasteiger partial charge in [-0.2, -0.15) is 0 Å². The molecule has 3 N–H and O–H groups in total. The molecule has 1 aliphatic rings. The van der Waals surface area contributed by atoms with Crippen LogP contribution >= 0.6 is 0 Å². The summed E-state index contributed by atoms with van der Waals surface area (Å²) < 4.78 is 18.1. The molecule has 3 aromatic heterocycles. The number of amides is 1. The van der Waals surface area contributed by atoms with Gasteiger partial charge in [-0.25, -0.2) is 19.3 Å². The summed E-state index contributed by atoms with van der Waals surface area (Å²) in [5.74, 6) is 1.75. The lowest BCUT2D eigenvalue weighted by atomic mass is 9.96. The van der Waals surface area contributed by atoms with Crippen molar-refractivity contribution >= 4 is 34.4 Å². The summed E-state index contributed by atoms with van der Waals surface area (Å²) in [7, 11) is 6.66. The largest absolute Gasteiger partial charge is 0.497 e. The van der Waals surface area contributed by atoms with Crippen molar-refractivity contribution in [3.8, 4) is 11.5 Å². The van der Waals surface area contributed by atoms with Crippen LogP contribution in [0.25, 0.3) is 11.2 Å². The Balaban J connectivity index is 1.50. The number of rotatable bonds is 10. The minimum absolute atomic E-state index is 0.278. The number of carbonyl (C=O) groups is 1. The molecule has 0 radical (unpaired) electrons. The Morgan fingerprint density at radius 2 is 2.02 bits per heavy atom. The van der Waals surface area contributed by atoms with Crippen LogP contribution in [0.4, 0.5) is 22.0 Å². The number of aromatic nitrogens is 4. The number of nitrogens with one attached hydrogen (secondary N) is 3. The van der Waals surface area contributed by atoms with E-state index in [0.29, 0.717) is 53.0 Å². The molecule has 0 bridgehead atoms. The number of imidazole rings is 1. The fraction of sp³-hybridized carbons (Fsp3) is 0.357. The molecule has 1 saturated carbocycles. The topological polar surface area (TPSA) is 136 Å². The Kier molecular flexibility index (Phi) is 7.87. The molecule has 12 heteroatoms. The maximum Gasteiger partial charge on any atom is 0.328 e. The standard InChI is InChI=1S/C28H33N7O5/c1-29-28(37)35-16-31-25-22(34(2)14-18-8-9-20(38-3)11-23(18)39-4)12-24(33-26(25)35)32-21-10-17(13-30-27(21)36)15-40-19-6-5-7-19/h8-13,16,19H,5-7,14-15H2,1-4H3,(H,29,37)(H,30,36)(H,32,33). The second-order valence-corrected chi connectivity index (χ2v) is 9.64. The number of carbonyl (C=O) groups excluding carboxylic acids is 1. The zero-order valence-electron chi connectivity index (χ0n) is 23.0. The minimum atomic E-state index is -0.384. The number of fused-ring (bicyclic) bond motifs is 1. The monoisotopic (exact) mass is 547 g/mol. The van der Waals surface area contributed by atoms with Crippen LogP contribution in [0, 0.1) is 0 Å². The molecule has 0 unspecified atom stereocenters. The second-order valence-electron chi connectivity index (χ2n) is 9.64.